The molecule has 2 N–H and O–H groups in total. The average Bonchev–Trinajstić information content (AvgIpc) is 2.93. The molecule has 3 rings (SSSR count). The first-order valence-electron chi connectivity index (χ1n) is 7.24. The van der Waals surface area contributed by atoms with Gasteiger partial charge in [0.1, 0.15) is 5.75 Å². The molecule has 0 amide bonds. The number of ether oxygens (including phenoxy) is 1. The number of aromatic nitrogens is 1. The van der Waals surface area contributed by atoms with E-state index < -0.39 is 0 Å². The Morgan fingerprint density at radius 1 is 1.43 bits per heavy atom. The molecule has 5 heteroatoms. The summed E-state index contributed by atoms with van der Waals surface area (Å²) in [5.74, 6) is 1.02. The third-order valence-corrected chi connectivity index (χ3v) is 4.97. The maximum absolute atomic E-state index is 9.59. The van der Waals surface area contributed by atoms with Crippen molar-refractivity contribution in [3.8, 4) is 5.75 Å². The van der Waals surface area contributed by atoms with Crippen molar-refractivity contribution in [3.63, 3.8) is 0 Å². The predicted molar refractivity (Wildman–Crippen MR) is 83.8 cm³/mol. The Kier molecular flexibility index (Phi) is 4.53. The highest BCUT2D eigenvalue weighted by Crippen LogP contribution is 2.34. The van der Waals surface area contributed by atoms with E-state index in [9.17, 15) is 5.11 Å². The van der Waals surface area contributed by atoms with E-state index in [0.29, 0.717) is 6.61 Å². The normalized spacial score (nSPS) is 20.9. The van der Waals surface area contributed by atoms with Crippen molar-refractivity contribution < 1.29 is 9.84 Å². The first-order chi connectivity index (χ1) is 10.3. The molecule has 0 saturated heterocycles. The number of aliphatic hydroxyl groups is 1. The smallest absolute Gasteiger partial charge is 0.124 e. The second-order valence-corrected chi connectivity index (χ2v) is 6.27. The molecule has 1 aromatic heterocycles. The minimum absolute atomic E-state index is 0.0995. The minimum Gasteiger partial charge on any atom is -0.493 e. The molecule has 1 aliphatic heterocycles. The van der Waals surface area contributed by atoms with Crippen LogP contribution in [0.1, 0.15) is 22.2 Å². The lowest BCUT2D eigenvalue weighted by Crippen LogP contribution is -2.38. The molecule has 0 spiro atoms. The number of hydrogen-bond donors (Lipinski definition) is 2. The summed E-state index contributed by atoms with van der Waals surface area (Å²) >= 11 is 1.70. The van der Waals surface area contributed by atoms with E-state index in [0.717, 1.165) is 30.0 Å². The van der Waals surface area contributed by atoms with Crippen LogP contribution in [0.5, 0.6) is 5.75 Å². The minimum atomic E-state index is 0.0995. The molecule has 112 valence electrons. The number of fused-ring (bicyclic) bond motifs is 1. The quantitative estimate of drug-likeness (QED) is 0.890. The van der Waals surface area contributed by atoms with Crippen LogP contribution in [-0.4, -0.2) is 29.8 Å². The maximum Gasteiger partial charge on any atom is 0.124 e. The Bertz CT molecular complexity index is 599. The van der Waals surface area contributed by atoms with Gasteiger partial charge in [0.25, 0.3) is 0 Å². The summed E-state index contributed by atoms with van der Waals surface area (Å²) in [7, 11) is 0. The molecule has 1 aliphatic rings. The summed E-state index contributed by atoms with van der Waals surface area (Å²) in [5.41, 5.74) is 4.15. The number of benzene rings is 1. The van der Waals surface area contributed by atoms with Crippen LogP contribution in [0, 0.1) is 12.8 Å². The number of rotatable bonds is 5. The second-order valence-electron chi connectivity index (χ2n) is 5.33. The highest BCUT2D eigenvalue weighted by atomic mass is 32.1. The molecular formula is C16H20N2O2S. The number of hydrogen-bond acceptors (Lipinski definition) is 5. The highest BCUT2D eigenvalue weighted by Gasteiger charge is 2.29. The topological polar surface area (TPSA) is 54.4 Å². The lowest BCUT2D eigenvalue weighted by Gasteiger charge is -2.33. The van der Waals surface area contributed by atoms with Gasteiger partial charge in [-0.1, -0.05) is 18.2 Å². The number of aryl methyl sites for hydroxylation is 1. The number of nitrogens with one attached hydrogen (secondary N) is 1. The monoisotopic (exact) mass is 304 g/mol. The Labute approximate surface area is 128 Å². The summed E-state index contributed by atoms with van der Waals surface area (Å²) in [5, 5.41) is 13.2. The van der Waals surface area contributed by atoms with Crippen molar-refractivity contribution in [3.05, 3.63) is 45.9 Å². The zero-order valence-electron chi connectivity index (χ0n) is 12.1. The number of nitrogens with zero attached hydrogens (tertiary/aromatic N) is 1. The molecule has 4 nitrogen and oxygen atoms in total. The number of para-hydroxylation sites is 1. The first-order valence-corrected chi connectivity index (χ1v) is 8.12. The summed E-state index contributed by atoms with van der Waals surface area (Å²) in [6, 6.07) is 8.21. The van der Waals surface area contributed by atoms with Gasteiger partial charge in [0.05, 0.1) is 24.4 Å². The molecule has 2 aromatic rings. The van der Waals surface area contributed by atoms with E-state index in [2.05, 4.69) is 16.4 Å². The lowest BCUT2D eigenvalue weighted by atomic mass is 9.91. The fourth-order valence-corrected chi connectivity index (χ4v) is 3.54. The Morgan fingerprint density at radius 2 is 2.29 bits per heavy atom. The Morgan fingerprint density at radius 3 is 3.05 bits per heavy atom. The van der Waals surface area contributed by atoms with Crippen LogP contribution in [0.3, 0.4) is 0 Å². The molecule has 21 heavy (non-hydrogen) atoms. The van der Waals surface area contributed by atoms with E-state index in [1.807, 2.05) is 30.6 Å². The van der Waals surface area contributed by atoms with E-state index in [-0.39, 0.29) is 18.6 Å². The standard InChI is InChI=1S/C16H20N2O2S/c1-11-15(21-10-18-11)6-7-17-16-12(8-19)9-20-14-5-3-2-4-13(14)16/h2-5,10,12,16-17,19H,6-9H2,1H3/t12-,16-/m1/s1. The van der Waals surface area contributed by atoms with Crippen molar-refractivity contribution in [1.29, 1.82) is 0 Å². The van der Waals surface area contributed by atoms with Crippen LogP contribution < -0.4 is 10.1 Å². The van der Waals surface area contributed by atoms with Gasteiger partial charge in [-0.2, -0.15) is 0 Å². The number of aliphatic hydroxyl groups excluding tert-OH is 1. The van der Waals surface area contributed by atoms with Crippen LogP contribution in [0.15, 0.2) is 29.8 Å². The van der Waals surface area contributed by atoms with E-state index in [1.165, 1.54) is 4.88 Å². The molecule has 0 fully saturated rings. The van der Waals surface area contributed by atoms with Crippen molar-refractivity contribution in [2.24, 2.45) is 5.92 Å². The van der Waals surface area contributed by atoms with E-state index in [4.69, 9.17) is 4.74 Å². The zero-order valence-corrected chi connectivity index (χ0v) is 12.9. The van der Waals surface area contributed by atoms with Gasteiger partial charge in [-0.05, 0) is 19.4 Å². The molecule has 0 aliphatic carbocycles. The van der Waals surface area contributed by atoms with Crippen LogP contribution in [0.25, 0.3) is 0 Å². The van der Waals surface area contributed by atoms with Crippen LogP contribution in [0.2, 0.25) is 0 Å². The Balaban J connectivity index is 1.69. The summed E-state index contributed by atoms with van der Waals surface area (Å²) in [6.07, 6.45) is 0.966. The SMILES string of the molecule is Cc1ncsc1CCN[C@H]1c2ccccc2OC[C@H]1CO. The molecule has 0 saturated carbocycles. The van der Waals surface area contributed by atoms with Gasteiger partial charge in [0.2, 0.25) is 0 Å². The summed E-state index contributed by atoms with van der Waals surface area (Å²) in [4.78, 5) is 5.60. The highest BCUT2D eigenvalue weighted by molar-refractivity contribution is 7.09. The van der Waals surface area contributed by atoms with E-state index in [1.54, 1.807) is 11.3 Å². The molecule has 2 heterocycles. The summed E-state index contributed by atoms with van der Waals surface area (Å²) < 4.78 is 5.72. The van der Waals surface area contributed by atoms with Gasteiger partial charge in [0, 0.05) is 28.9 Å². The van der Waals surface area contributed by atoms with Crippen LogP contribution in [0.4, 0.5) is 0 Å². The predicted octanol–water partition coefficient (Wildman–Crippen LogP) is 2.33. The third-order valence-electron chi connectivity index (χ3n) is 3.97. The van der Waals surface area contributed by atoms with Crippen molar-refractivity contribution in [1.82, 2.24) is 10.3 Å². The molecule has 2 atom stereocenters. The average molecular weight is 304 g/mol. The summed E-state index contributed by atoms with van der Waals surface area (Å²) in [6.45, 7) is 3.61. The maximum atomic E-state index is 9.59. The third kappa shape index (κ3) is 3.10. The van der Waals surface area contributed by atoms with Crippen LogP contribution in [-0.2, 0) is 6.42 Å². The van der Waals surface area contributed by atoms with Crippen molar-refractivity contribution in [2.75, 3.05) is 19.8 Å². The van der Waals surface area contributed by atoms with Gasteiger partial charge in [-0.15, -0.1) is 11.3 Å². The van der Waals surface area contributed by atoms with E-state index >= 15 is 0 Å². The zero-order chi connectivity index (χ0) is 14.7. The van der Waals surface area contributed by atoms with Gasteiger partial charge in [-0.25, -0.2) is 4.98 Å². The molecular weight excluding hydrogens is 284 g/mol. The van der Waals surface area contributed by atoms with Crippen molar-refractivity contribution in [2.45, 2.75) is 19.4 Å². The van der Waals surface area contributed by atoms with Crippen LogP contribution >= 0.6 is 11.3 Å². The number of thiazole rings is 1. The molecule has 0 radical (unpaired) electrons. The molecule has 0 unspecified atom stereocenters. The largest absolute Gasteiger partial charge is 0.493 e. The van der Waals surface area contributed by atoms with Gasteiger partial charge >= 0.3 is 0 Å². The van der Waals surface area contributed by atoms with Gasteiger partial charge in [-0.3, -0.25) is 0 Å². The molecule has 0 bridgehead atoms. The lowest BCUT2D eigenvalue weighted by molar-refractivity contribution is 0.111. The second kappa shape index (κ2) is 6.56. The Hall–Kier alpha value is -1.43. The van der Waals surface area contributed by atoms with Gasteiger partial charge in [0.15, 0.2) is 0 Å². The van der Waals surface area contributed by atoms with Crippen molar-refractivity contribution >= 4 is 11.3 Å². The first kappa shape index (κ1) is 14.5. The molecule has 1 aromatic carbocycles. The van der Waals surface area contributed by atoms with Gasteiger partial charge < -0.3 is 15.2 Å². The fraction of sp³-hybridized carbons (Fsp3) is 0.438. The fourth-order valence-electron chi connectivity index (χ4n) is 2.76.